The molecule has 0 fully saturated rings. The van der Waals surface area contributed by atoms with Crippen LogP contribution in [0, 0.1) is 5.92 Å². The Kier molecular flexibility index (Phi) is 37.4. The molecule has 0 rings (SSSR count). The van der Waals surface area contributed by atoms with E-state index in [0.717, 1.165) is 70.1 Å². The standard InChI is InChI=1S/C44H84O6/c1-5-7-9-11-12-20-24-28-32-36-43(46)49-39-41(38-48-42(45)35-31-26-10-8-6-2)50-44(47)37-33-29-25-22-19-17-15-13-14-16-18-21-23-27-30-34-40(3)4/h40-41H,5-39H2,1-4H3/t41-/m0/s1. The lowest BCUT2D eigenvalue weighted by Gasteiger charge is -2.18. The van der Waals surface area contributed by atoms with Crippen LogP contribution in [0.15, 0.2) is 0 Å². The number of ether oxygens (including phenoxy) is 3. The molecular weight excluding hydrogens is 624 g/mol. The van der Waals surface area contributed by atoms with Crippen LogP contribution in [0.25, 0.3) is 0 Å². The van der Waals surface area contributed by atoms with Gasteiger partial charge < -0.3 is 14.2 Å². The Balaban J connectivity index is 4.13. The maximum atomic E-state index is 12.6. The highest BCUT2D eigenvalue weighted by atomic mass is 16.6. The number of carbonyl (C=O) groups is 3. The molecule has 0 N–H and O–H groups in total. The van der Waals surface area contributed by atoms with Crippen molar-refractivity contribution < 1.29 is 28.6 Å². The normalized spacial score (nSPS) is 11.9. The van der Waals surface area contributed by atoms with Gasteiger partial charge in [0.25, 0.3) is 0 Å². The van der Waals surface area contributed by atoms with Crippen molar-refractivity contribution >= 4 is 17.9 Å². The van der Waals surface area contributed by atoms with Crippen LogP contribution in [0.3, 0.4) is 0 Å². The molecule has 0 amide bonds. The molecule has 50 heavy (non-hydrogen) atoms. The number of hydrogen-bond donors (Lipinski definition) is 0. The number of esters is 3. The molecule has 296 valence electrons. The summed E-state index contributed by atoms with van der Waals surface area (Å²) in [4.78, 5) is 37.3. The summed E-state index contributed by atoms with van der Waals surface area (Å²) in [5, 5.41) is 0. The molecule has 6 heteroatoms. The van der Waals surface area contributed by atoms with Crippen LogP contribution in [0.2, 0.25) is 0 Å². The summed E-state index contributed by atoms with van der Waals surface area (Å²) in [5.74, 6) is -0.0251. The topological polar surface area (TPSA) is 78.9 Å². The third kappa shape index (κ3) is 37.7. The largest absolute Gasteiger partial charge is 0.462 e. The molecule has 0 aliphatic rings. The van der Waals surface area contributed by atoms with Crippen LogP contribution in [-0.4, -0.2) is 37.2 Å². The molecule has 0 aromatic carbocycles. The van der Waals surface area contributed by atoms with Gasteiger partial charge in [0.15, 0.2) is 6.10 Å². The Morgan fingerprint density at radius 1 is 0.380 bits per heavy atom. The van der Waals surface area contributed by atoms with Gasteiger partial charge >= 0.3 is 17.9 Å². The van der Waals surface area contributed by atoms with Crippen LogP contribution in [-0.2, 0) is 28.6 Å². The maximum absolute atomic E-state index is 12.6. The summed E-state index contributed by atoms with van der Waals surface area (Å²) in [6, 6.07) is 0. The molecule has 6 nitrogen and oxygen atoms in total. The molecule has 0 unspecified atom stereocenters. The van der Waals surface area contributed by atoms with Gasteiger partial charge in [0.05, 0.1) is 0 Å². The molecule has 0 aromatic rings. The molecule has 0 spiro atoms. The van der Waals surface area contributed by atoms with Crippen molar-refractivity contribution in [3.8, 4) is 0 Å². The minimum absolute atomic E-state index is 0.0653. The van der Waals surface area contributed by atoms with Gasteiger partial charge in [-0.3, -0.25) is 14.4 Å². The molecule has 0 aliphatic heterocycles. The summed E-state index contributed by atoms with van der Waals surface area (Å²) in [5.41, 5.74) is 0. The molecule has 0 aliphatic carbocycles. The smallest absolute Gasteiger partial charge is 0.306 e. The molecule has 0 heterocycles. The van der Waals surface area contributed by atoms with E-state index in [1.54, 1.807) is 0 Å². The first-order valence-electron chi connectivity index (χ1n) is 21.9. The van der Waals surface area contributed by atoms with E-state index in [1.165, 1.54) is 128 Å². The zero-order chi connectivity index (χ0) is 36.8. The van der Waals surface area contributed by atoms with Crippen molar-refractivity contribution in [1.29, 1.82) is 0 Å². The van der Waals surface area contributed by atoms with Crippen molar-refractivity contribution in [1.82, 2.24) is 0 Å². The zero-order valence-corrected chi connectivity index (χ0v) is 33.9. The molecule has 0 saturated heterocycles. The van der Waals surface area contributed by atoms with E-state index in [9.17, 15) is 14.4 Å². The van der Waals surface area contributed by atoms with Gasteiger partial charge in [-0.2, -0.15) is 0 Å². The fraction of sp³-hybridized carbons (Fsp3) is 0.932. The van der Waals surface area contributed by atoms with E-state index in [2.05, 4.69) is 27.7 Å². The van der Waals surface area contributed by atoms with E-state index < -0.39 is 6.10 Å². The number of rotatable bonds is 39. The summed E-state index contributed by atoms with van der Waals surface area (Å²) < 4.78 is 16.6. The SMILES string of the molecule is CCCCCCCCCCCC(=O)OC[C@H](COC(=O)CCCCCCC)OC(=O)CCCCCCCCCCCCCCCCCC(C)C. The van der Waals surface area contributed by atoms with Crippen molar-refractivity contribution in [2.24, 2.45) is 5.92 Å². The number of carbonyl (C=O) groups excluding carboxylic acids is 3. The van der Waals surface area contributed by atoms with Gasteiger partial charge in [0, 0.05) is 19.3 Å². The predicted molar refractivity (Wildman–Crippen MR) is 210 cm³/mol. The van der Waals surface area contributed by atoms with Gasteiger partial charge in [-0.1, -0.05) is 201 Å². The van der Waals surface area contributed by atoms with E-state index in [0.29, 0.717) is 19.3 Å². The van der Waals surface area contributed by atoms with Crippen LogP contribution in [0.5, 0.6) is 0 Å². The summed E-state index contributed by atoms with van der Waals surface area (Å²) in [7, 11) is 0. The lowest BCUT2D eigenvalue weighted by molar-refractivity contribution is -0.167. The lowest BCUT2D eigenvalue weighted by atomic mass is 10.0. The molecule has 0 bridgehead atoms. The Hall–Kier alpha value is -1.59. The Bertz CT molecular complexity index is 751. The van der Waals surface area contributed by atoms with Crippen LogP contribution in [0.1, 0.15) is 240 Å². The zero-order valence-electron chi connectivity index (χ0n) is 33.9. The highest BCUT2D eigenvalue weighted by Gasteiger charge is 2.19. The predicted octanol–water partition coefficient (Wildman–Crippen LogP) is 13.6. The first kappa shape index (κ1) is 48.4. The Morgan fingerprint density at radius 3 is 0.980 bits per heavy atom. The third-order valence-electron chi connectivity index (χ3n) is 9.79. The lowest BCUT2D eigenvalue weighted by Crippen LogP contribution is -2.30. The minimum atomic E-state index is -0.756. The van der Waals surface area contributed by atoms with Gasteiger partial charge in [0.1, 0.15) is 13.2 Å². The summed E-state index contributed by atoms with van der Waals surface area (Å²) >= 11 is 0. The molecule has 0 aromatic heterocycles. The number of unbranched alkanes of at least 4 members (excludes halogenated alkanes) is 26. The second-order valence-corrected chi connectivity index (χ2v) is 15.5. The van der Waals surface area contributed by atoms with Crippen molar-refractivity contribution in [3.05, 3.63) is 0 Å². The molecule has 0 radical (unpaired) electrons. The highest BCUT2D eigenvalue weighted by molar-refractivity contribution is 5.71. The van der Waals surface area contributed by atoms with Crippen LogP contribution >= 0.6 is 0 Å². The van der Waals surface area contributed by atoms with E-state index >= 15 is 0 Å². The fourth-order valence-electron chi connectivity index (χ4n) is 6.45. The summed E-state index contributed by atoms with van der Waals surface area (Å²) in [6.07, 6.45) is 36.9. The quantitative estimate of drug-likeness (QED) is 0.0359. The van der Waals surface area contributed by atoms with Crippen molar-refractivity contribution in [2.75, 3.05) is 13.2 Å². The van der Waals surface area contributed by atoms with Crippen molar-refractivity contribution in [2.45, 2.75) is 246 Å². The third-order valence-corrected chi connectivity index (χ3v) is 9.79. The van der Waals surface area contributed by atoms with Crippen LogP contribution in [0.4, 0.5) is 0 Å². The van der Waals surface area contributed by atoms with E-state index in [4.69, 9.17) is 14.2 Å². The number of hydrogen-bond acceptors (Lipinski definition) is 6. The Labute approximate surface area is 310 Å². The molecule has 0 saturated carbocycles. The first-order chi connectivity index (χ1) is 24.4. The minimum Gasteiger partial charge on any atom is -0.462 e. The van der Waals surface area contributed by atoms with Gasteiger partial charge in [-0.25, -0.2) is 0 Å². The highest BCUT2D eigenvalue weighted by Crippen LogP contribution is 2.16. The maximum Gasteiger partial charge on any atom is 0.306 e. The van der Waals surface area contributed by atoms with E-state index in [1.807, 2.05) is 0 Å². The van der Waals surface area contributed by atoms with Gasteiger partial charge in [-0.05, 0) is 25.2 Å². The molecule has 1 atom stereocenters. The second kappa shape index (κ2) is 38.6. The average Bonchev–Trinajstić information content (AvgIpc) is 3.09. The van der Waals surface area contributed by atoms with E-state index in [-0.39, 0.29) is 31.1 Å². The Morgan fingerprint density at radius 2 is 0.660 bits per heavy atom. The van der Waals surface area contributed by atoms with Crippen LogP contribution < -0.4 is 0 Å². The van der Waals surface area contributed by atoms with Gasteiger partial charge in [-0.15, -0.1) is 0 Å². The average molecular weight is 709 g/mol. The monoisotopic (exact) mass is 709 g/mol. The second-order valence-electron chi connectivity index (χ2n) is 15.5. The van der Waals surface area contributed by atoms with Crippen molar-refractivity contribution in [3.63, 3.8) is 0 Å². The van der Waals surface area contributed by atoms with Gasteiger partial charge in [0.2, 0.25) is 0 Å². The summed E-state index contributed by atoms with van der Waals surface area (Å²) in [6.45, 7) is 8.91. The fourth-order valence-corrected chi connectivity index (χ4v) is 6.45. The first-order valence-corrected chi connectivity index (χ1v) is 21.9. The molecular formula is C44H84O6.